The first-order valence-corrected chi connectivity index (χ1v) is 11.6. The summed E-state index contributed by atoms with van der Waals surface area (Å²) in [5.41, 5.74) is 6.75. The van der Waals surface area contributed by atoms with Crippen LogP contribution in [0.3, 0.4) is 0 Å². The van der Waals surface area contributed by atoms with Crippen LogP contribution >= 0.6 is 23.2 Å². The molecule has 2 aliphatic heterocycles. The minimum Gasteiger partial charge on any atom is -0.444 e. The van der Waals surface area contributed by atoms with Crippen molar-refractivity contribution in [2.75, 3.05) is 6.54 Å². The van der Waals surface area contributed by atoms with Gasteiger partial charge in [-0.25, -0.2) is 4.79 Å². The van der Waals surface area contributed by atoms with Crippen molar-refractivity contribution >= 4 is 40.2 Å². The number of carbonyl (C=O) groups excluding carboxylic acids is 1. The lowest BCUT2D eigenvalue weighted by Crippen LogP contribution is -2.40. The van der Waals surface area contributed by atoms with Gasteiger partial charge in [-0.15, -0.1) is 0 Å². The predicted molar refractivity (Wildman–Crippen MR) is 126 cm³/mol. The predicted octanol–water partition coefficient (Wildman–Crippen LogP) is 6.85. The Labute approximate surface area is 192 Å². The van der Waals surface area contributed by atoms with Gasteiger partial charge in [-0.1, -0.05) is 35.3 Å². The molecule has 1 aromatic heterocycles. The molecule has 0 N–H and O–H groups in total. The summed E-state index contributed by atoms with van der Waals surface area (Å²) in [4.78, 5) is 14.6. The molecular weight excluding hydrogens is 431 g/mol. The van der Waals surface area contributed by atoms with E-state index in [1.807, 2.05) is 43.9 Å². The zero-order chi connectivity index (χ0) is 21.9. The van der Waals surface area contributed by atoms with Crippen molar-refractivity contribution in [1.29, 1.82) is 0 Å². The monoisotopic (exact) mass is 456 g/mol. The SMILES string of the molecule is CC(C)(C)OC(=O)N1CCc2c(c3cc(-c4cccc(Cl)c4Cl)cc4c3n2CCC4)C1. The molecule has 1 amide bonds. The molecule has 3 heterocycles. The van der Waals surface area contributed by atoms with Gasteiger partial charge in [0.15, 0.2) is 0 Å². The second-order valence-electron chi connectivity index (χ2n) is 9.47. The van der Waals surface area contributed by atoms with Gasteiger partial charge in [0, 0.05) is 41.7 Å². The minimum atomic E-state index is -0.502. The number of ether oxygens (including phenoxy) is 1. The molecule has 0 bridgehead atoms. The number of halogens is 2. The van der Waals surface area contributed by atoms with Crippen LogP contribution in [0.5, 0.6) is 0 Å². The Balaban J connectivity index is 1.63. The standard InChI is InChI=1S/C25H26Cl2N2O2/c1-25(2,3)31-24(30)28-11-9-21-19(14-28)18-13-16(17-7-4-8-20(26)22(17)27)12-15-6-5-10-29(21)23(15)18/h4,7-8,12-13H,5-6,9-11,14H2,1-3H3. The van der Waals surface area contributed by atoms with Crippen LogP contribution < -0.4 is 0 Å². The molecule has 4 nitrogen and oxygen atoms in total. The highest BCUT2D eigenvalue weighted by Gasteiger charge is 2.31. The van der Waals surface area contributed by atoms with Crippen LogP contribution in [0, 0.1) is 0 Å². The van der Waals surface area contributed by atoms with Gasteiger partial charge in [0.1, 0.15) is 5.60 Å². The number of fused-ring (bicyclic) bond motifs is 3. The molecule has 6 heteroatoms. The molecule has 0 radical (unpaired) electrons. The van der Waals surface area contributed by atoms with Gasteiger partial charge in [-0.05, 0) is 62.9 Å². The zero-order valence-electron chi connectivity index (χ0n) is 18.1. The number of hydrogen-bond acceptors (Lipinski definition) is 2. The molecule has 0 unspecified atom stereocenters. The van der Waals surface area contributed by atoms with Crippen molar-refractivity contribution in [1.82, 2.24) is 9.47 Å². The fourth-order valence-electron chi connectivity index (χ4n) is 4.90. The third kappa shape index (κ3) is 3.60. The van der Waals surface area contributed by atoms with Crippen LogP contribution in [-0.4, -0.2) is 27.7 Å². The molecule has 0 saturated heterocycles. The molecule has 3 aromatic rings. The highest BCUT2D eigenvalue weighted by Crippen LogP contribution is 2.41. The van der Waals surface area contributed by atoms with E-state index in [0.29, 0.717) is 23.1 Å². The van der Waals surface area contributed by atoms with Crippen LogP contribution in [0.2, 0.25) is 10.0 Å². The van der Waals surface area contributed by atoms with Crippen molar-refractivity contribution < 1.29 is 9.53 Å². The average molecular weight is 457 g/mol. The number of nitrogens with zero attached hydrogens (tertiary/aromatic N) is 2. The maximum atomic E-state index is 12.8. The molecule has 0 saturated carbocycles. The largest absolute Gasteiger partial charge is 0.444 e. The fourth-order valence-corrected chi connectivity index (χ4v) is 5.31. The Morgan fingerprint density at radius 2 is 1.90 bits per heavy atom. The second-order valence-corrected chi connectivity index (χ2v) is 10.3. The lowest BCUT2D eigenvalue weighted by molar-refractivity contribution is 0.0223. The first-order valence-electron chi connectivity index (χ1n) is 10.8. The van der Waals surface area contributed by atoms with E-state index in [-0.39, 0.29) is 6.09 Å². The van der Waals surface area contributed by atoms with E-state index >= 15 is 0 Å². The maximum Gasteiger partial charge on any atom is 0.410 e. The molecule has 0 aliphatic carbocycles. The topological polar surface area (TPSA) is 34.5 Å². The number of hydrogen-bond donors (Lipinski definition) is 0. The average Bonchev–Trinajstić information content (AvgIpc) is 3.04. The minimum absolute atomic E-state index is 0.247. The molecule has 2 aliphatic rings. The summed E-state index contributed by atoms with van der Waals surface area (Å²) >= 11 is 12.9. The van der Waals surface area contributed by atoms with Crippen LogP contribution in [0.4, 0.5) is 4.79 Å². The number of carbonyl (C=O) groups is 1. The molecule has 31 heavy (non-hydrogen) atoms. The van der Waals surface area contributed by atoms with Gasteiger partial charge in [0.2, 0.25) is 0 Å². The van der Waals surface area contributed by atoms with E-state index in [0.717, 1.165) is 36.9 Å². The normalized spacial score (nSPS) is 15.8. The molecular formula is C25H26Cl2N2O2. The lowest BCUT2D eigenvalue weighted by atomic mass is 9.95. The second kappa shape index (κ2) is 7.46. The fraction of sp³-hybridized carbons (Fsp3) is 0.400. The van der Waals surface area contributed by atoms with E-state index in [1.165, 1.54) is 27.7 Å². The van der Waals surface area contributed by atoms with Gasteiger partial charge in [-0.3, -0.25) is 0 Å². The Bertz CT molecular complexity index is 1210. The Morgan fingerprint density at radius 3 is 2.68 bits per heavy atom. The van der Waals surface area contributed by atoms with E-state index in [4.69, 9.17) is 27.9 Å². The highest BCUT2D eigenvalue weighted by atomic mass is 35.5. The van der Waals surface area contributed by atoms with Gasteiger partial charge in [0.25, 0.3) is 0 Å². The van der Waals surface area contributed by atoms with Crippen molar-refractivity contribution in [3.63, 3.8) is 0 Å². The third-order valence-corrected chi connectivity index (χ3v) is 6.99. The molecule has 0 atom stereocenters. The summed E-state index contributed by atoms with van der Waals surface area (Å²) in [6.07, 6.45) is 2.76. The van der Waals surface area contributed by atoms with Crippen LogP contribution in [0.1, 0.15) is 44.0 Å². The quantitative estimate of drug-likeness (QED) is 0.400. The highest BCUT2D eigenvalue weighted by molar-refractivity contribution is 6.43. The molecule has 0 fully saturated rings. The van der Waals surface area contributed by atoms with Gasteiger partial charge in [0.05, 0.1) is 22.1 Å². The summed E-state index contributed by atoms with van der Waals surface area (Å²) in [5.74, 6) is 0. The van der Waals surface area contributed by atoms with Crippen LogP contribution in [-0.2, 0) is 30.7 Å². The molecule has 2 aromatic carbocycles. The first-order chi connectivity index (χ1) is 14.7. The Morgan fingerprint density at radius 1 is 1.10 bits per heavy atom. The summed E-state index contributed by atoms with van der Waals surface area (Å²) in [7, 11) is 0. The third-order valence-electron chi connectivity index (χ3n) is 6.17. The zero-order valence-corrected chi connectivity index (χ0v) is 19.6. The molecule has 0 spiro atoms. The summed E-state index contributed by atoms with van der Waals surface area (Å²) in [6.45, 7) is 7.99. The Hall–Kier alpha value is -2.17. The maximum absolute atomic E-state index is 12.8. The molecule has 5 rings (SSSR count). The smallest absolute Gasteiger partial charge is 0.410 e. The van der Waals surface area contributed by atoms with E-state index < -0.39 is 5.60 Å². The van der Waals surface area contributed by atoms with Crippen molar-refractivity contribution in [2.45, 2.75) is 58.7 Å². The van der Waals surface area contributed by atoms with Crippen LogP contribution in [0.25, 0.3) is 22.0 Å². The van der Waals surface area contributed by atoms with Crippen molar-refractivity contribution in [2.24, 2.45) is 0 Å². The lowest BCUT2D eigenvalue weighted by Gasteiger charge is -2.31. The summed E-state index contributed by atoms with van der Waals surface area (Å²) in [5, 5.41) is 2.35. The molecule has 162 valence electrons. The van der Waals surface area contributed by atoms with Gasteiger partial charge >= 0.3 is 6.09 Å². The first kappa shape index (κ1) is 20.7. The number of aryl methyl sites for hydroxylation is 2. The van der Waals surface area contributed by atoms with E-state index in [1.54, 1.807) is 0 Å². The number of aromatic nitrogens is 1. The van der Waals surface area contributed by atoms with Crippen molar-refractivity contribution in [3.8, 4) is 11.1 Å². The van der Waals surface area contributed by atoms with E-state index in [9.17, 15) is 4.79 Å². The van der Waals surface area contributed by atoms with E-state index in [2.05, 4.69) is 16.7 Å². The van der Waals surface area contributed by atoms with Crippen molar-refractivity contribution in [3.05, 3.63) is 57.2 Å². The summed E-state index contributed by atoms with van der Waals surface area (Å²) < 4.78 is 8.12. The van der Waals surface area contributed by atoms with Gasteiger partial charge < -0.3 is 14.2 Å². The summed E-state index contributed by atoms with van der Waals surface area (Å²) in [6, 6.07) is 10.2. The number of benzene rings is 2. The number of rotatable bonds is 1. The van der Waals surface area contributed by atoms with Gasteiger partial charge in [-0.2, -0.15) is 0 Å². The Kier molecular flexibility index (Phi) is 4.98. The van der Waals surface area contributed by atoms with Crippen LogP contribution in [0.15, 0.2) is 30.3 Å². The number of amides is 1.